The molecule has 0 spiro atoms. The van der Waals surface area contributed by atoms with Crippen LogP contribution in [-0.4, -0.2) is 40.1 Å². The minimum absolute atomic E-state index is 0.0954. The molecule has 1 aromatic carbocycles. The van der Waals surface area contributed by atoms with E-state index in [1.54, 1.807) is 6.07 Å². The van der Waals surface area contributed by atoms with Crippen LogP contribution >= 0.6 is 0 Å². The summed E-state index contributed by atoms with van der Waals surface area (Å²) >= 11 is 0. The number of carboxylic acids is 2. The molecule has 1 unspecified atom stereocenters. The number of rotatable bonds is 7. The number of carboxylic acid groups (broad SMARTS) is 2. The smallest absolute Gasteiger partial charge is 0.317 e. The van der Waals surface area contributed by atoms with E-state index in [1.807, 2.05) is 0 Å². The van der Waals surface area contributed by atoms with Crippen molar-refractivity contribution >= 4 is 11.9 Å². The second-order valence-corrected chi connectivity index (χ2v) is 4.43. The van der Waals surface area contributed by atoms with Crippen molar-refractivity contribution in [2.24, 2.45) is 5.92 Å². The van der Waals surface area contributed by atoms with Gasteiger partial charge in [-0.3, -0.25) is 14.5 Å². The van der Waals surface area contributed by atoms with E-state index in [0.29, 0.717) is 5.56 Å². The molecule has 0 aliphatic rings. The molecule has 0 amide bonds. The molecular formula is C13H16FNO4. The first-order valence-corrected chi connectivity index (χ1v) is 5.80. The second kappa shape index (κ2) is 6.84. The summed E-state index contributed by atoms with van der Waals surface area (Å²) in [6, 6.07) is 5.80. The first-order valence-electron chi connectivity index (χ1n) is 5.80. The van der Waals surface area contributed by atoms with E-state index < -0.39 is 23.7 Å². The van der Waals surface area contributed by atoms with E-state index in [1.165, 1.54) is 30.0 Å². The fraction of sp³-hybridized carbons (Fsp3) is 0.385. The largest absolute Gasteiger partial charge is 0.481 e. The van der Waals surface area contributed by atoms with Gasteiger partial charge in [0, 0.05) is 13.1 Å². The molecule has 5 nitrogen and oxygen atoms in total. The second-order valence-electron chi connectivity index (χ2n) is 4.43. The Morgan fingerprint density at radius 1 is 1.37 bits per heavy atom. The highest BCUT2D eigenvalue weighted by Gasteiger charge is 2.18. The number of aliphatic carboxylic acids is 2. The third-order valence-corrected chi connectivity index (χ3v) is 2.61. The summed E-state index contributed by atoms with van der Waals surface area (Å²) in [7, 11) is 0. The van der Waals surface area contributed by atoms with Crippen molar-refractivity contribution in [3.8, 4) is 0 Å². The zero-order chi connectivity index (χ0) is 14.4. The molecule has 2 N–H and O–H groups in total. The lowest BCUT2D eigenvalue weighted by molar-refractivity contribution is -0.144. The van der Waals surface area contributed by atoms with Gasteiger partial charge < -0.3 is 10.2 Å². The van der Waals surface area contributed by atoms with Crippen LogP contribution in [0.5, 0.6) is 0 Å². The molecule has 0 radical (unpaired) electrons. The lowest BCUT2D eigenvalue weighted by Crippen LogP contribution is -2.35. The van der Waals surface area contributed by atoms with Crippen LogP contribution in [0.3, 0.4) is 0 Å². The number of halogens is 1. The van der Waals surface area contributed by atoms with Crippen LogP contribution in [0.2, 0.25) is 0 Å². The van der Waals surface area contributed by atoms with Crippen molar-refractivity contribution in [2.75, 3.05) is 13.1 Å². The van der Waals surface area contributed by atoms with Gasteiger partial charge in [-0.2, -0.15) is 0 Å². The number of carbonyl (C=O) groups is 2. The van der Waals surface area contributed by atoms with E-state index in [2.05, 4.69) is 0 Å². The Balaban J connectivity index is 2.74. The van der Waals surface area contributed by atoms with Crippen LogP contribution in [0.25, 0.3) is 0 Å². The van der Waals surface area contributed by atoms with Crippen LogP contribution in [0.4, 0.5) is 4.39 Å². The van der Waals surface area contributed by atoms with E-state index in [0.717, 1.165) is 0 Å². The highest BCUT2D eigenvalue weighted by atomic mass is 19.1. The molecule has 1 atom stereocenters. The van der Waals surface area contributed by atoms with E-state index >= 15 is 0 Å². The van der Waals surface area contributed by atoms with Crippen molar-refractivity contribution in [3.05, 3.63) is 35.6 Å². The third-order valence-electron chi connectivity index (χ3n) is 2.61. The van der Waals surface area contributed by atoms with E-state index in [4.69, 9.17) is 10.2 Å². The molecule has 6 heteroatoms. The van der Waals surface area contributed by atoms with Crippen molar-refractivity contribution in [2.45, 2.75) is 13.5 Å². The van der Waals surface area contributed by atoms with Crippen molar-refractivity contribution in [3.63, 3.8) is 0 Å². The molecule has 1 rings (SSSR count). The van der Waals surface area contributed by atoms with Crippen molar-refractivity contribution in [1.29, 1.82) is 0 Å². The summed E-state index contributed by atoms with van der Waals surface area (Å²) in [5.74, 6) is -3.13. The molecule has 0 saturated heterocycles. The average Bonchev–Trinajstić information content (AvgIpc) is 2.27. The molecule has 0 heterocycles. The van der Waals surface area contributed by atoms with Gasteiger partial charge in [0.1, 0.15) is 5.82 Å². The molecule has 0 bridgehead atoms. The lowest BCUT2D eigenvalue weighted by Gasteiger charge is -2.22. The zero-order valence-electron chi connectivity index (χ0n) is 10.5. The molecule has 0 aliphatic heterocycles. The number of hydrogen-bond donors (Lipinski definition) is 2. The van der Waals surface area contributed by atoms with Crippen LogP contribution in [0.15, 0.2) is 24.3 Å². The van der Waals surface area contributed by atoms with Crippen LogP contribution in [0.1, 0.15) is 12.5 Å². The van der Waals surface area contributed by atoms with Gasteiger partial charge >= 0.3 is 11.9 Å². The Morgan fingerprint density at radius 3 is 2.58 bits per heavy atom. The SMILES string of the molecule is CC(CN(CC(=O)O)Cc1cccc(F)c1)C(=O)O. The monoisotopic (exact) mass is 269 g/mol. The quantitative estimate of drug-likeness (QED) is 0.783. The summed E-state index contributed by atoms with van der Waals surface area (Å²) in [6.45, 7) is 1.51. The third kappa shape index (κ3) is 5.48. The van der Waals surface area contributed by atoms with Crippen molar-refractivity contribution < 1.29 is 24.2 Å². The van der Waals surface area contributed by atoms with Gasteiger partial charge in [-0.25, -0.2) is 4.39 Å². The normalized spacial score (nSPS) is 12.4. The molecule has 0 saturated carbocycles. The Bertz CT molecular complexity index is 464. The Morgan fingerprint density at radius 2 is 2.05 bits per heavy atom. The molecule has 19 heavy (non-hydrogen) atoms. The predicted molar refractivity (Wildman–Crippen MR) is 66.1 cm³/mol. The molecule has 0 aliphatic carbocycles. The molecule has 1 aromatic rings. The first-order chi connectivity index (χ1) is 8.88. The van der Waals surface area contributed by atoms with Gasteiger partial charge in [0.15, 0.2) is 0 Å². The number of benzene rings is 1. The summed E-state index contributed by atoms with van der Waals surface area (Å²) in [4.78, 5) is 23.0. The maximum Gasteiger partial charge on any atom is 0.317 e. The highest BCUT2D eigenvalue weighted by molar-refractivity contribution is 5.71. The summed E-state index contributed by atoms with van der Waals surface area (Å²) < 4.78 is 13.0. The van der Waals surface area contributed by atoms with Gasteiger partial charge in [-0.1, -0.05) is 19.1 Å². The van der Waals surface area contributed by atoms with Crippen molar-refractivity contribution in [1.82, 2.24) is 4.90 Å². The maximum absolute atomic E-state index is 13.0. The Hall–Kier alpha value is -1.95. The van der Waals surface area contributed by atoms with Gasteiger partial charge in [0.25, 0.3) is 0 Å². The van der Waals surface area contributed by atoms with E-state index in [9.17, 15) is 14.0 Å². The van der Waals surface area contributed by atoms with Crippen LogP contribution < -0.4 is 0 Å². The number of hydrogen-bond acceptors (Lipinski definition) is 3. The molecule has 0 fully saturated rings. The first kappa shape index (κ1) is 15.1. The predicted octanol–water partition coefficient (Wildman–Crippen LogP) is 1.43. The van der Waals surface area contributed by atoms with Gasteiger partial charge in [0.05, 0.1) is 12.5 Å². The summed E-state index contributed by atoms with van der Waals surface area (Å²) in [5.41, 5.74) is 0.610. The summed E-state index contributed by atoms with van der Waals surface area (Å²) in [5, 5.41) is 17.6. The van der Waals surface area contributed by atoms with Gasteiger partial charge in [0.2, 0.25) is 0 Å². The number of nitrogens with zero attached hydrogens (tertiary/aromatic N) is 1. The van der Waals surface area contributed by atoms with Crippen LogP contribution in [0, 0.1) is 11.7 Å². The van der Waals surface area contributed by atoms with Gasteiger partial charge in [-0.05, 0) is 17.7 Å². The topological polar surface area (TPSA) is 77.8 Å². The fourth-order valence-electron chi connectivity index (χ4n) is 1.74. The Labute approximate surface area is 110 Å². The highest BCUT2D eigenvalue weighted by Crippen LogP contribution is 2.09. The minimum atomic E-state index is -1.05. The average molecular weight is 269 g/mol. The molecular weight excluding hydrogens is 253 g/mol. The molecule has 0 aromatic heterocycles. The minimum Gasteiger partial charge on any atom is -0.481 e. The standard InChI is InChI=1S/C13H16FNO4/c1-9(13(18)19)6-15(8-12(16)17)7-10-3-2-4-11(14)5-10/h2-5,9H,6-8H2,1H3,(H,16,17)(H,18,19). The van der Waals surface area contributed by atoms with E-state index in [-0.39, 0.29) is 19.6 Å². The fourth-order valence-corrected chi connectivity index (χ4v) is 1.74. The lowest BCUT2D eigenvalue weighted by atomic mass is 10.1. The zero-order valence-corrected chi connectivity index (χ0v) is 10.5. The Kier molecular flexibility index (Phi) is 5.44. The molecule has 104 valence electrons. The van der Waals surface area contributed by atoms with Gasteiger partial charge in [-0.15, -0.1) is 0 Å². The maximum atomic E-state index is 13.0. The van der Waals surface area contributed by atoms with Crippen LogP contribution in [-0.2, 0) is 16.1 Å². The summed E-state index contributed by atoms with van der Waals surface area (Å²) in [6.07, 6.45) is 0.